The number of hydrogen-bond donors (Lipinski definition) is 4. The number of sulfonamides is 1. The van der Waals surface area contributed by atoms with E-state index in [1.807, 2.05) is 18.2 Å². The minimum Gasteiger partial charge on any atom is -0.473 e. The SMILES string of the molecule is C=C[C@H](C)[C@@](C)(NC(=O)[C@@H]1C[C@@H]2CN1C(=O)[C@H](C1CCCC1)NC(=O)O[C@@H]1CCC[C@H]1CC/C=C/Cc1c([nH]c3ccc(Br)cc3c1=O)O2)C(=O)NS(=O)(=O)C1CC1. The topological polar surface area (TPSA) is 193 Å². The molecule has 16 heteroatoms. The second-order valence-electron chi connectivity index (χ2n) is 16.9. The fraction of sp³-hybridized carbons (Fsp3) is 0.595. The number of H-pyrrole nitrogens is 1. The van der Waals surface area contributed by atoms with Crippen molar-refractivity contribution in [3.8, 4) is 5.88 Å². The Hall–Kier alpha value is -4.18. The number of benzene rings is 1. The van der Waals surface area contributed by atoms with Gasteiger partial charge in [0.25, 0.3) is 5.91 Å². The molecule has 3 saturated carbocycles. The van der Waals surface area contributed by atoms with E-state index in [1.54, 1.807) is 19.1 Å². The maximum Gasteiger partial charge on any atom is 0.408 e. The Morgan fingerprint density at radius 2 is 1.76 bits per heavy atom. The molecule has 4 N–H and O–H groups in total. The Morgan fingerprint density at radius 3 is 2.48 bits per heavy atom. The van der Waals surface area contributed by atoms with Gasteiger partial charge >= 0.3 is 6.09 Å². The molecule has 58 heavy (non-hydrogen) atoms. The van der Waals surface area contributed by atoms with E-state index in [9.17, 15) is 32.4 Å². The summed E-state index contributed by atoms with van der Waals surface area (Å²) < 4.78 is 41.3. The Morgan fingerprint density at radius 1 is 1.02 bits per heavy atom. The summed E-state index contributed by atoms with van der Waals surface area (Å²) >= 11 is 3.48. The Bertz CT molecular complexity index is 2150. The van der Waals surface area contributed by atoms with Gasteiger partial charge in [0.1, 0.15) is 29.8 Å². The highest BCUT2D eigenvalue weighted by atomic mass is 79.9. The van der Waals surface area contributed by atoms with Crippen molar-refractivity contribution in [2.75, 3.05) is 6.54 Å². The minimum atomic E-state index is -3.97. The fourth-order valence-corrected chi connectivity index (χ4v) is 10.8. The lowest BCUT2D eigenvalue weighted by atomic mass is 9.85. The molecule has 2 bridgehead atoms. The van der Waals surface area contributed by atoms with E-state index in [0.717, 1.165) is 49.4 Å². The zero-order valence-corrected chi connectivity index (χ0v) is 35.5. The zero-order chi connectivity index (χ0) is 41.4. The van der Waals surface area contributed by atoms with E-state index in [2.05, 4.69) is 42.8 Å². The molecule has 3 aliphatic carbocycles. The first kappa shape index (κ1) is 42.0. The van der Waals surface area contributed by atoms with Gasteiger partial charge in [-0.25, -0.2) is 13.2 Å². The van der Waals surface area contributed by atoms with Gasteiger partial charge in [-0.2, -0.15) is 0 Å². The molecule has 0 spiro atoms. The third-order valence-corrected chi connectivity index (χ3v) is 15.2. The lowest BCUT2D eigenvalue weighted by molar-refractivity contribution is -0.143. The third-order valence-electron chi connectivity index (χ3n) is 12.9. The molecular weight excluding hydrogens is 830 g/mol. The number of pyridine rings is 1. The number of amides is 4. The molecule has 314 valence electrons. The van der Waals surface area contributed by atoms with Crippen molar-refractivity contribution in [2.24, 2.45) is 17.8 Å². The summed E-state index contributed by atoms with van der Waals surface area (Å²) in [6, 6.07) is 3.15. The predicted octanol–water partition coefficient (Wildman–Crippen LogP) is 5.29. The number of carbonyl (C=O) groups is 4. The highest BCUT2D eigenvalue weighted by molar-refractivity contribution is 9.10. The molecule has 5 aliphatic rings. The Kier molecular flexibility index (Phi) is 12.4. The van der Waals surface area contributed by atoms with Crippen molar-refractivity contribution in [1.82, 2.24) is 25.2 Å². The summed E-state index contributed by atoms with van der Waals surface area (Å²) in [5, 5.41) is 5.52. The predicted molar refractivity (Wildman–Crippen MR) is 221 cm³/mol. The molecule has 0 unspecified atom stereocenters. The van der Waals surface area contributed by atoms with Crippen LogP contribution in [0.3, 0.4) is 0 Å². The van der Waals surface area contributed by atoms with Crippen LogP contribution < -0.4 is 25.5 Å². The summed E-state index contributed by atoms with van der Waals surface area (Å²) in [5.74, 6) is -2.68. The third kappa shape index (κ3) is 8.87. The minimum absolute atomic E-state index is 0.0284. The largest absolute Gasteiger partial charge is 0.473 e. The lowest BCUT2D eigenvalue weighted by Crippen LogP contribution is -2.64. The molecule has 14 nitrogen and oxygen atoms in total. The second kappa shape index (κ2) is 17.2. The van der Waals surface area contributed by atoms with Gasteiger partial charge in [0.15, 0.2) is 11.3 Å². The number of fused-ring (bicyclic) bond motifs is 5. The second-order valence-corrected chi connectivity index (χ2v) is 19.8. The highest BCUT2D eigenvalue weighted by Gasteiger charge is 2.50. The highest BCUT2D eigenvalue weighted by Crippen LogP contribution is 2.35. The fourth-order valence-electron chi connectivity index (χ4n) is 9.02. The van der Waals surface area contributed by atoms with Crippen molar-refractivity contribution >= 4 is 60.7 Å². The van der Waals surface area contributed by atoms with Crippen LogP contribution in [0.4, 0.5) is 4.79 Å². The van der Waals surface area contributed by atoms with Crippen LogP contribution in [-0.2, 0) is 35.6 Å². The number of nitrogens with one attached hydrogen (secondary N) is 4. The van der Waals surface area contributed by atoms with E-state index in [4.69, 9.17) is 9.47 Å². The van der Waals surface area contributed by atoms with Crippen LogP contribution in [0.1, 0.15) is 96.5 Å². The van der Waals surface area contributed by atoms with E-state index in [1.165, 1.54) is 17.9 Å². The van der Waals surface area contributed by atoms with Gasteiger partial charge in [0, 0.05) is 22.2 Å². The maximum absolute atomic E-state index is 14.9. The van der Waals surface area contributed by atoms with Gasteiger partial charge in [-0.1, -0.05) is 53.9 Å². The van der Waals surface area contributed by atoms with E-state index in [0.29, 0.717) is 42.1 Å². The summed E-state index contributed by atoms with van der Waals surface area (Å²) in [6.45, 7) is 6.81. The maximum atomic E-state index is 14.9. The van der Waals surface area contributed by atoms with Crippen LogP contribution in [0.15, 0.2) is 52.3 Å². The Balaban J connectivity index is 1.26. The van der Waals surface area contributed by atoms with Crippen molar-refractivity contribution in [3.63, 3.8) is 0 Å². The number of hydrogen-bond acceptors (Lipinski definition) is 9. The van der Waals surface area contributed by atoms with Crippen molar-refractivity contribution in [2.45, 2.75) is 132 Å². The number of halogens is 1. The molecule has 2 aromatic rings. The quantitative estimate of drug-likeness (QED) is 0.255. The lowest BCUT2D eigenvalue weighted by Gasteiger charge is -2.36. The van der Waals surface area contributed by atoms with E-state index in [-0.39, 0.29) is 48.6 Å². The van der Waals surface area contributed by atoms with Crippen LogP contribution in [0.2, 0.25) is 0 Å². The van der Waals surface area contributed by atoms with Gasteiger partial charge in [0.2, 0.25) is 21.8 Å². The number of aromatic nitrogens is 1. The number of ether oxygens (including phenoxy) is 2. The molecule has 7 rings (SSSR count). The standard InChI is InChI=1S/C42H54BrN5O9S/c1-4-24(2)42(3,40(52)47-58(54,55)29-18-19-29)46-37(50)33-22-28-23-48(33)39(51)35(26-12-8-9-13-26)45-41(53)57-34-16-10-14-25(34)11-6-5-7-15-30-36(49)31-21-27(43)17-20-32(31)44-38(30)56-28/h4-5,7,17,20-21,24-26,28-29,33-35H,1,6,8-16,18-19,22-23H2,2-3H3,(H,44,49)(H,45,53)(H,46,50)(H,47,52)/b7-5+/t24-,25+,28+,33-,34+,35-,42+/m0/s1. The molecule has 1 aromatic heterocycles. The van der Waals surface area contributed by atoms with E-state index >= 15 is 0 Å². The normalized spacial score (nSPS) is 28.1. The monoisotopic (exact) mass is 883 g/mol. The molecule has 0 radical (unpaired) electrons. The number of allylic oxidation sites excluding steroid dienone is 2. The smallest absolute Gasteiger partial charge is 0.408 e. The Labute approximate surface area is 347 Å². The first-order valence-electron chi connectivity index (χ1n) is 20.6. The number of aromatic amines is 1. The average Bonchev–Trinajstić information content (AvgIpc) is 3.52. The van der Waals surface area contributed by atoms with E-state index < -0.39 is 68.7 Å². The van der Waals surface area contributed by atoms with Crippen LogP contribution in [0.5, 0.6) is 5.88 Å². The van der Waals surface area contributed by atoms with Gasteiger partial charge in [-0.15, -0.1) is 6.58 Å². The molecule has 4 amide bonds. The molecular formula is C42H54BrN5O9S. The first-order chi connectivity index (χ1) is 27.7. The van der Waals surface area contributed by atoms with Crippen LogP contribution in [0, 0.1) is 17.8 Å². The number of alkyl carbamates (subject to hydrolysis) is 1. The van der Waals surface area contributed by atoms with Gasteiger partial charge < -0.3 is 30.0 Å². The van der Waals surface area contributed by atoms with Crippen molar-refractivity contribution in [3.05, 3.63) is 63.3 Å². The zero-order valence-electron chi connectivity index (χ0n) is 33.1. The number of rotatable bonds is 8. The molecule has 1 aromatic carbocycles. The molecule has 2 aliphatic heterocycles. The van der Waals surface area contributed by atoms with Crippen molar-refractivity contribution < 1.29 is 37.1 Å². The summed E-state index contributed by atoms with van der Waals surface area (Å²) in [6.07, 6.45) is 12.0. The molecule has 3 heterocycles. The van der Waals surface area contributed by atoms with Crippen molar-refractivity contribution in [1.29, 1.82) is 0 Å². The molecule has 7 atom stereocenters. The summed E-state index contributed by atoms with van der Waals surface area (Å²) in [5.41, 5.74) is -1.04. The number of carbonyl (C=O) groups excluding carboxylic acids is 4. The molecule has 4 fully saturated rings. The van der Waals surface area contributed by atoms with Crippen LogP contribution in [0.25, 0.3) is 10.9 Å². The van der Waals surface area contributed by atoms with Crippen LogP contribution >= 0.6 is 15.9 Å². The number of nitrogens with zero attached hydrogens (tertiary/aromatic N) is 1. The average molecular weight is 885 g/mol. The van der Waals surface area contributed by atoms with Gasteiger partial charge in [-0.05, 0) is 101 Å². The summed E-state index contributed by atoms with van der Waals surface area (Å²) in [4.78, 5) is 75.7. The molecule has 1 saturated heterocycles. The van der Waals surface area contributed by atoms with Gasteiger partial charge in [0.05, 0.1) is 22.9 Å². The van der Waals surface area contributed by atoms with Crippen LogP contribution in [-0.4, -0.2) is 83.7 Å². The van der Waals surface area contributed by atoms with Gasteiger partial charge in [-0.3, -0.25) is 23.9 Å². The summed E-state index contributed by atoms with van der Waals surface area (Å²) in [7, 11) is -3.97. The first-order valence-corrected chi connectivity index (χ1v) is 23.0.